The second kappa shape index (κ2) is 9.67. The van der Waals surface area contributed by atoms with Crippen LogP contribution >= 0.6 is 11.6 Å². The lowest BCUT2D eigenvalue weighted by atomic mass is 9.91. The quantitative estimate of drug-likeness (QED) is 0.207. The maximum absolute atomic E-state index is 13.0. The molecular formula is C25H20ClN3O4. The van der Waals surface area contributed by atoms with Crippen molar-refractivity contribution in [2.75, 3.05) is 6.54 Å². The molecule has 33 heavy (non-hydrogen) atoms. The molecule has 1 atom stereocenters. The maximum atomic E-state index is 13.0. The highest BCUT2D eigenvalue weighted by atomic mass is 35.5. The molecule has 0 aliphatic carbocycles. The van der Waals surface area contributed by atoms with Crippen molar-refractivity contribution in [3.05, 3.63) is 122 Å². The predicted octanol–water partition coefficient (Wildman–Crippen LogP) is 5.46. The van der Waals surface area contributed by atoms with Gasteiger partial charge in [0.1, 0.15) is 0 Å². The monoisotopic (exact) mass is 461 g/mol. The maximum Gasteiger partial charge on any atom is 0.344 e. The highest BCUT2D eigenvalue weighted by molar-refractivity contribution is 6.30. The first-order chi connectivity index (χ1) is 15.9. The van der Waals surface area contributed by atoms with E-state index in [9.17, 15) is 14.9 Å². The van der Waals surface area contributed by atoms with Gasteiger partial charge in [-0.25, -0.2) is 9.48 Å². The van der Waals surface area contributed by atoms with Gasteiger partial charge in [0, 0.05) is 9.95 Å². The van der Waals surface area contributed by atoms with Gasteiger partial charge in [0.15, 0.2) is 0 Å². The van der Waals surface area contributed by atoms with E-state index < -0.39 is 18.4 Å². The van der Waals surface area contributed by atoms with E-state index in [4.69, 9.17) is 16.3 Å². The van der Waals surface area contributed by atoms with Crippen molar-refractivity contribution in [1.82, 2.24) is 9.78 Å². The minimum Gasteiger partial charge on any atom is -0.403 e. The molecule has 0 fully saturated rings. The van der Waals surface area contributed by atoms with Crippen LogP contribution in [0.3, 0.4) is 0 Å². The van der Waals surface area contributed by atoms with E-state index in [1.807, 2.05) is 30.3 Å². The summed E-state index contributed by atoms with van der Waals surface area (Å²) < 4.78 is 7.37. The molecule has 0 aliphatic heterocycles. The number of carbonyl (C=O) groups excluding carboxylic acids is 1. The van der Waals surface area contributed by atoms with Gasteiger partial charge in [-0.05, 0) is 48.9 Å². The van der Waals surface area contributed by atoms with Crippen LogP contribution in [0.1, 0.15) is 33.1 Å². The molecule has 0 unspecified atom stereocenters. The van der Waals surface area contributed by atoms with Gasteiger partial charge in [0.2, 0.25) is 12.4 Å². The number of benzene rings is 3. The Labute approximate surface area is 195 Å². The molecule has 1 heterocycles. The highest BCUT2D eigenvalue weighted by Crippen LogP contribution is 2.37. The lowest BCUT2D eigenvalue weighted by Gasteiger charge is -2.16. The molecule has 7 nitrogen and oxygen atoms in total. The standard InChI is InChI=1S/C25H20ClN3O4/c1-17-23(22(16-28(31)32)18-12-14-20(26)15-13-18)24(29(27-17)21-10-6-3-7-11-21)33-25(30)19-8-4-2-5-9-19/h2-15,22H,16H2,1H3/t22-/m0/s1. The average Bonchev–Trinajstić information content (AvgIpc) is 3.14. The van der Waals surface area contributed by atoms with Gasteiger partial charge >= 0.3 is 5.97 Å². The predicted molar refractivity (Wildman–Crippen MR) is 125 cm³/mol. The number of esters is 1. The third-order valence-corrected chi connectivity index (χ3v) is 5.47. The van der Waals surface area contributed by atoms with Crippen molar-refractivity contribution < 1.29 is 14.5 Å². The Balaban J connectivity index is 1.88. The zero-order valence-electron chi connectivity index (χ0n) is 17.7. The van der Waals surface area contributed by atoms with Crippen molar-refractivity contribution in [1.29, 1.82) is 0 Å². The number of aryl methyl sites for hydroxylation is 1. The summed E-state index contributed by atoms with van der Waals surface area (Å²) in [6.45, 7) is 1.34. The molecule has 0 spiro atoms. The smallest absolute Gasteiger partial charge is 0.344 e. The van der Waals surface area contributed by atoms with E-state index in [0.717, 1.165) is 0 Å². The van der Waals surface area contributed by atoms with E-state index in [1.54, 1.807) is 61.5 Å². The van der Waals surface area contributed by atoms with Gasteiger partial charge in [0.05, 0.1) is 28.4 Å². The third-order valence-electron chi connectivity index (χ3n) is 5.21. The number of aromatic nitrogens is 2. The highest BCUT2D eigenvalue weighted by Gasteiger charge is 2.31. The molecular weight excluding hydrogens is 442 g/mol. The van der Waals surface area contributed by atoms with Gasteiger partial charge in [-0.15, -0.1) is 0 Å². The molecule has 0 amide bonds. The number of ether oxygens (including phenoxy) is 1. The average molecular weight is 462 g/mol. The number of carbonyl (C=O) groups is 1. The minimum absolute atomic E-state index is 0.148. The van der Waals surface area contributed by atoms with Crippen LogP contribution in [0.25, 0.3) is 5.69 Å². The largest absolute Gasteiger partial charge is 0.403 e. The molecule has 0 aliphatic rings. The number of nitro groups is 1. The summed E-state index contributed by atoms with van der Waals surface area (Å²) in [4.78, 5) is 24.2. The van der Waals surface area contributed by atoms with E-state index >= 15 is 0 Å². The molecule has 166 valence electrons. The first-order valence-corrected chi connectivity index (χ1v) is 10.6. The van der Waals surface area contributed by atoms with Gasteiger partial charge in [-0.1, -0.05) is 60.1 Å². The van der Waals surface area contributed by atoms with Crippen LogP contribution in [0.15, 0.2) is 84.9 Å². The fourth-order valence-electron chi connectivity index (χ4n) is 3.69. The molecule has 0 saturated carbocycles. The van der Waals surface area contributed by atoms with Crippen LogP contribution < -0.4 is 4.74 Å². The fourth-order valence-corrected chi connectivity index (χ4v) is 3.82. The molecule has 0 bridgehead atoms. The zero-order valence-corrected chi connectivity index (χ0v) is 18.5. The van der Waals surface area contributed by atoms with Gasteiger partial charge in [-0.3, -0.25) is 10.1 Å². The van der Waals surface area contributed by atoms with E-state index in [-0.39, 0.29) is 10.8 Å². The summed E-state index contributed by atoms with van der Waals surface area (Å²) in [6.07, 6.45) is 0. The lowest BCUT2D eigenvalue weighted by Crippen LogP contribution is -2.18. The Morgan fingerprint density at radius 1 is 1.03 bits per heavy atom. The first kappa shape index (κ1) is 22.2. The number of halogens is 1. The Bertz CT molecular complexity index is 1270. The fraction of sp³-hybridized carbons (Fsp3) is 0.120. The zero-order chi connectivity index (χ0) is 23.4. The van der Waals surface area contributed by atoms with Crippen molar-refractivity contribution in [3.63, 3.8) is 0 Å². The Morgan fingerprint density at radius 3 is 2.24 bits per heavy atom. The minimum atomic E-state index is -0.701. The third kappa shape index (κ3) is 4.94. The van der Waals surface area contributed by atoms with E-state index in [1.165, 1.54) is 4.68 Å². The van der Waals surface area contributed by atoms with E-state index in [2.05, 4.69) is 5.10 Å². The number of nitrogens with zero attached hydrogens (tertiary/aromatic N) is 3. The summed E-state index contributed by atoms with van der Waals surface area (Å²) in [5.74, 6) is -1.13. The Hall–Kier alpha value is -3.97. The SMILES string of the molecule is Cc1nn(-c2ccccc2)c(OC(=O)c2ccccc2)c1[C@@H](C[N+](=O)[O-])c1ccc(Cl)cc1. The molecule has 8 heteroatoms. The second-order valence-corrected chi connectivity index (χ2v) is 7.86. The van der Waals surface area contributed by atoms with Gasteiger partial charge < -0.3 is 4.74 Å². The summed E-state index contributed by atoms with van der Waals surface area (Å²) in [7, 11) is 0. The first-order valence-electron chi connectivity index (χ1n) is 10.2. The van der Waals surface area contributed by atoms with Crippen molar-refractivity contribution >= 4 is 17.6 Å². The molecule has 0 N–H and O–H groups in total. The van der Waals surface area contributed by atoms with Crippen LogP contribution in [-0.2, 0) is 0 Å². The van der Waals surface area contributed by atoms with Crippen molar-refractivity contribution in [3.8, 4) is 11.6 Å². The summed E-state index contributed by atoms with van der Waals surface area (Å²) in [5.41, 5.74) is 2.69. The summed E-state index contributed by atoms with van der Waals surface area (Å²) in [5, 5.41) is 16.7. The summed E-state index contributed by atoms with van der Waals surface area (Å²) in [6, 6.07) is 24.6. The van der Waals surface area contributed by atoms with Crippen molar-refractivity contribution in [2.24, 2.45) is 0 Å². The van der Waals surface area contributed by atoms with Crippen molar-refractivity contribution in [2.45, 2.75) is 12.8 Å². The van der Waals surface area contributed by atoms with Gasteiger partial charge in [0.25, 0.3) is 0 Å². The molecule has 4 aromatic rings. The molecule has 3 aromatic carbocycles. The molecule has 4 rings (SSSR count). The van der Waals surface area contributed by atoms with Crippen LogP contribution in [0.2, 0.25) is 5.02 Å². The van der Waals surface area contributed by atoms with Crippen LogP contribution in [-0.4, -0.2) is 27.2 Å². The van der Waals surface area contributed by atoms with Gasteiger partial charge in [-0.2, -0.15) is 5.10 Å². The topological polar surface area (TPSA) is 87.3 Å². The van der Waals surface area contributed by atoms with E-state index in [0.29, 0.717) is 33.1 Å². The second-order valence-electron chi connectivity index (χ2n) is 7.43. The molecule has 0 saturated heterocycles. The Morgan fingerprint density at radius 2 is 1.64 bits per heavy atom. The number of hydrogen-bond donors (Lipinski definition) is 0. The molecule has 0 radical (unpaired) electrons. The van der Waals surface area contributed by atoms with Crippen LogP contribution in [0, 0.1) is 17.0 Å². The Kier molecular flexibility index (Phi) is 6.51. The van der Waals surface area contributed by atoms with Crippen LogP contribution in [0.5, 0.6) is 5.88 Å². The number of rotatable bonds is 7. The molecule has 1 aromatic heterocycles. The normalized spacial score (nSPS) is 11.7. The number of hydrogen-bond acceptors (Lipinski definition) is 5. The lowest BCUT2D eigenvalue weighted by molar-refractivity contribution is -0.481. The van der Waals surface area contributed by atoms with Crippen LogP contribution in [0.4, 0.5) is 0 Å². The summed E-state index contributed by atoms with van der Waals surface area (Å²) >= 11 is 6.03. The number of para-hydroxylation sites is 1.